The number of phenolic OH excluding ortho intramolecular Hbond substituents is 1. The van der Waals surface area contributed by atoms with Gasteiger partial charge in [0, 0.05) is 23.0 Å². The van der Waals surface area contributed by atoms with Gasteiger partial charge in [0.25, 0.3) is 16.8 Å². The Balaban J connectivity index is 0.00000169. The van der Waals surface area contributed by atoms with Gasteiger partial charge in [-0.05, 0) is 31.4 Å². The molecule has 7 heteroatoms. The van der Waals surface area contributed by atoms with E-state index >= 15 is 0 Å². The highest BCUT2D eigenvalue weighted by molar-refractivity contribution is 5.99. The molecular formula is C17H23N3O4. The summed E-state index contributed by atoms with van der Waals surface area (Å²) >= 11 is 0. The zero-order valence-electron chi connectivity index (χ0n) is 13.5. The van der Waals surface area contributed by atoms with Crippen molar-refractivity contribution < 1.29 is 12.8 Å². The Kier molecular flexibility index (Phi) is 4.01. The van der Waals surface area contributed by atoms with E-state index in [4.69, 9.17) is 0 Å². The van der Waals surface area contributed by atoms with Crippen LogP contribution in [0.4, 0.5) is 17.1 Å². The van der Waals surface area contributed by atoms with E-state index in [2.05, 4.69) is 10.6 Å². The molecule has 0 heterocycles. The van der Waals surface area contributed by atoms with Crippen LogP contribution in [0.3, 0.4) is 0 Å². The van der Waals surface area contributed by atoms with Gasteiger partial charge in [-0.3, -0.25) is 14.4 Å². The average molecular weight is 333 g/mol. The molecular weight excluding hydrogens is 310 g/mol. The van der Waals surface area contributed by atoms with Crippen LogP contribution in [0, 0.1) is 0 Å². The Labute approximate surface area is 141 Å². The zero-order chi connectivity index (χ0) is 17.4. The molecule has 0 saturated heterocycles. The molecule has 0 unspecified atom stereocenters. The summed E-state index contributed by atoms with van der Waals surface area (Å²) in [4.78, 5) is 37.0. The Hall–Kier alpha value is -2.83. The topological polar surface area (TPSA) is 98.7 Å². The van der Waals surface area contributed by atoms with Crippen molar-refractivity contribution in [3.63, 3.8) is 0 Å². The molecule has 0 spiro atoms. The molecule has 3 rings (SSSR count). The van der Waals surface area contributed by atoms with Crippen molar-refractivity contribution in [2.75, 3.05) is 24.7 Å². The molecule has 1 fully saturated rings. The van der Waals surface area contributed by atoms with E-state index in [1.807, 2.05) is 0 Å². The van der Waals surface area contributed by atoms with Gasteiger partial charge in [0.1, 0.15) is 11.4 Å². The van der Waals surface area contributed by atoms with Crippen LogP contribution in [0.2, 0.25) is 0 Å². The van der Waals surface area contributed by atoms with E-state index in [0.29, 0.717) is 0 Å². The number of carbonyl (C=O) groups is 1. The number of benzene rings is 1. The van der Waals surface area contributed by atoms with Crippen molar-refractivity contribution in [1.29, 1.82) is 0 Å². The SMILES string of the molecule is CN(C)C(=O)c1cccc(Nc2c(NC3CCC3)c(=O)c2=O)c1O.[HH].[HH]. The van der Waals surface area contributed by atoms with E-state index in [9.17, 15) is 19.5 Å². The zero-order valence-corrected chi connectivity index (χ0v) is 13.5. The van der Waals surface area contributed by atoms with E-state index in [0.717, 1.165) is 19.3 Å². The number of hydrogen-bond acceptors (Lipinski definition) is 6. The monoisotopic (exact) mass is 333 g/mol. The summed E-state index contributed by atoms with van der Waals surface area (Å²) in [6.45, 7) is 0. The average Bonchev–Trinajstić information content (AvgIpc) is 2.52. The molecule has 3 N–H and O–H groups in total. The smallest absolute Gasteiger partial charge is 0.257 e. The quantitative estimate of drug-likeness (QED) is 0.571. The first-order valence-electron chi connectivity index (χ1n) is 7.80. The first kappa shape index (κ1) is 16.0. The van der Waals surface area contributed by atoms with E-state index in [-0.39, 0.29) is 43.2 Å². The van der Waals surface area contributed by atoms with Crippen molar-refractivity contribution in [2.24, 2.45) is 0 Å². The maximum atomic E-state index is 12.1. The summed E-state index contributed by atoms with van der Waals surface area (Å²) in [6.07, 6.45) is 3.04. The Morgan fingerprint density at radius 3 is 2.46 bits per heavy atom. The fourth-order valence-electron chi connectivity index (χ4n) is 2.60. The Bertz CT molecular complexity index is 871. The molecule has 24 heavy (non-hydrogen) atoms. The molecule has 1 aliphatic carbocycles. The summed E-state index contributed by atoms with van der Waals surface area (Å²) in [5, 5.41) is 16.2. The lowest BCUT2D eigenvalue weighted by atomic mass is 9.92. The van der Waals surface area contributed by atoms with Crippen LogP contribution in [-0.2, 0) is 0 Å². The molecule has 2 aromatic carbocycles. The lowest BCUT2D eigenvalue weighted by molar-refractivity contribution is 0.0825. The van der Waals surface area contributed by atoms with Gasteiger partial charge >= 0.3 is 0 Å². The normalized spacial score (nSPS) is 14.2. The first-order chi connectivity index (χ1) is 11.4. The number of nitrogens with zero attached hydrogens (tertiary/aromatic N) is 1. The second kappa shape index (κ2) is 5.99. The first-order valence-corrected chi connectivity index (χ1v) is 7.80. The lowest BCUT2D eigenvalue weighted by Crippen LogP contribution is -2.40. The highest BCUT2D eigenvalue weighted by Gasteiger charge is 2.27. The minimum atomic E-state index is -0.624. The van der Waals surface area contributed by atoms with Gasteiger partial charge in [-0.15, -0.1) is 0 Å². The number of phenols is 1. The fraction of sp³-hybridized carbons (Fsp3) is 0.353. The van der Waals surface area contributed by atoms with Crippen LogP contribution in [0.25, 0.3) is 0 Å². The van der Waals surface area contributed by atoms with Gasteiger partial charge in [0.15, 0.2) is 5.75 Å². The number of carbonyl (C=O) groups excluding carboxylic acids is 1. The molecule has 1 amide bonds. The van der Waals surface area contributed by atoms with Crippen molar-refractivity contribution in [1.82, 2.24) is 4.90 Å². The maximum absolute atomic E-state index is 12.1. The number of para-hydroxylation sites is 1. The molecule has 1 aliphatic rings. The number of hydrogen-bond donors (Lipinski definition) is 3. The highest BCUT2D eigenvalue weighted by atomic mass is 16.3. The third kappa shape index (κ3) is 2.62. The summed E-state index contributed by atoms with van der Waals surface area (Å²) in [5.74, 6) is -0.604. The van der Waals surface area contributed by atoms with Gasteiger partial charge in [-0.1, -0.05) is 6.07 Å². The third-order valence-electron chi connectivity index (χ3n) is 4.30. The lowest BCUT2D eigenvalue weighted by Gasteiger charge is -2.29. The Morgan fingerprint density at radius 2 is 1.88 bits per heavy atom. The standard InChI is InChI=1S/C17H19N3O4.2H2/c1-20(2)17(24)10-7-4-8-11(14(10)21)19-13-12(15(22)16(13)23)18-9-5-3-6-9;;/h4,7-9,18-19,21H,3,5-6H2,1-2H3;2*1H. The van der Waals surface area contributed by atoms with E-state index < -0.39 is 10.9 Å². The third-order valence-corrected chi connectivity index (χ3v) is 4.30. The van der Waals surface area contributed by atoms with Gasteiger partial charge in [-0.2, -0.15) is 0 Å². The number of rotatable bonds is 5. The summed E-state index contributed by atoms with van der Waals surface area (Å²) in [7, 11) is 3.17. The van der Waals surface area contributed by atoms with Crippen molar-refractivity contribution in [2.45, 2.75) is 25.3 Å². The van der Waals surface area contributed by atoms with Crippen LogP contribution < -0.4 is 21.5 Å². The summed E-state index contributed by atoms with van der Waals surface area (Å²) < 4.78 is 0. The number of anilines is 3. The largest absolute Gasteiger partial charge is 0.505 e. The Morgan fingerprint density at radius 1 is 1.21 bits per heavy atom. The van der Waals surface area contributed by atoms with E-state index in [1.54, 1.807) is 26.2 Å². The molecule has 0 aromatic heterocycles. The maximum Gasteiger partial charge on any atom is 0.257 e. The van der Waals surface area contributed by atoms with Crippen LogP contribution >= 0.6 is 0 Å². The number of nitrogens with one attached hydrogen (secondary N) is 2. The van der Waals surface area contributed by atoms with Crippen LogP contribution in [0.1, 0.15) is 32.5 Å². The molecule has 0 bridgehead atoms. The molecule has 0 atom stereocenters. The van der Waals surface area contributed by atoms with Crippen LogP contribution in [0.5, 0.6) is 5.75 Å². The van der Waals surface area contributed by atoms with Gasteiger partial charge < -0.3 is 20.6 Å². The summed E-state index contributed by atoms with van der Waals surface area (Å²) in [6, 6.07) is 4.86. The van der Waals surface area contributed by atoms with Gasteiger partial charge in [0.05, 0.1) is 11.3 Å². The van der Waals surface area contributed by atoms with E-state index in [1.165, 1.54) is 11.0 Å². The minimum Gasteiger partial charge on any atom is -0.505 e. The van der Waals surface area contributed by atoms with Gasteiger partial charge in [-0.25, -0.2) is 0 Å². The molecule has 130 valence electrons. The molecule has 2 aromatic rings. The molecule has 7 nitrogen and oxygen atoms in total. The van der Waals surface area contributed by atoms with Crippen LogP contribution in [0.15, 0.2) is 27.8 Å². The second-order valence-corrected chi connectivity index (χ2v) is 6.21. The molecule has 0 radical (unpaired) electrons. The van der Waals surface area contributed by atoms with Crippen molar-refractivity contribution in [3.8, 4) is 5.75 Å². The fourth-order valence-corrected chi connectivity index (χ4v) is 2.60. The van der Waals surface area contributed by atoms with Crippen molar-refractivity contribution >= 4 is 23.0 Å². The minimum absolute atomic E-state index is 0. The predicted octanol–water partition coefficient (Wildman–Crippen LogP) is 1.89. The number of aromatic hydroxyl groups is 1. The predicted molar refractivity (Wildman–Crippen MR) is 96.3 cm³/mol. The number of amides is 1. The molecule has 0 aliphatic heterocycles. The summed E-state index contributed by atoms with van der Waals surface area (Å²) in [5.41, 5.74) is -0.446. The highest BCUT2D eigenvalue weighted by Crippen LogP contribution is 2.33. The second-order valence-electron chi connectivity index (χ2n) is 6.21. The molecule has 1 saturated carbocycles. The van der Waals surface area contributed by atoms with Gasteiger partial charge in [0.2, 0.25) is 0 Å². The van der Waals surface area contributed by atoms with Crippen LogP contribution in [-0.4, -0.2) is 36.1 Å². The van der Waals surface area contributed by atoms with Crippen molar-refractivity contribution in [3.05, 3.63) is 44.2 Å².